The Morgan fingerprint density at radius 3 is 2.34 bits per heavy atom. The van der Waals surface area contributed by atoms with E-state index < -0.39 is 17.7 Å². The highest BCUT2D eigenvalue weighted by atomic mass is 32.1. The van der Waals surface area contributed by atoms with Gasteiger partial charge in [-0.3, -0.25) is 9.59 Å². The number of amides is 1. The fourth-order valence-electron chi connectivity index (χ4n) is 2.98. The fraction of sp³-hybridized carbons (Fsp3) is 0.227. The zero-order valence-electron chi connectivity index (χ0n) is 17.9. The number of esters is 1. The first-order valence-corrected chi connectivity index (χ1v) is 10.1. The van der Waals surface area contributed by atoms with E-state index in [0.717, 1.165) is 11.3 Å². The summed E-state index contributed by atoms with van der Waals surface area (Å²) in [5.74, 6) is -0.189. The number of ether oxygens (including phenoxy) is 4. The van der Waals surface area contributed by atoms with Gasteiger partial charge in [0.15, 0.2) is 16.3 Å². The van der Waals surface area contributed by atoms with Gasteiger partial charge in [-0.05, 0) is 42.0 Å². The summed E-state index contributed by atoms with van der Waals surface area (Å²) in [6.45, 7) is -0.162. The molecule has 8 nitrogen and oxygen atoms in total. The lowest BCUT2D eigenvalue weighted by atomic mass is 10.1. The molecule has 0 bridgehead atoms. The number of benzene rings is 2. The molecule has 0 unspecified atom stereocenters. The van der Waals surface area contributed by atoms with Crippen LogP contribution in [0.1, 0.15) is 5.56 Å². The van der Waals surface area contributed by atoms with Gasteiger partial charge in [-0.15, -0.1) is 0 Å². The summed E-state index contributed by atoms with van der Waals surface area (Å²) in [7, 11) is 5.75. The minimum atomic E-state index is -0.565. The molecule has 10 heteroatoms. The first-order chi connectivity index (χ1) is 15.4. The van der Waals surface area contributed by atoms with Crippen molar-refractivity contribution in [2.24, 2.45) is 4.99 Å². The fourth-order valence-corrected chi connectivity index (χ4v) is 4.04. The second kappa shape index (κ2) is 10.1. The number of thiazole rings is 1. The summed E-state index contributed by atoms with van der Waals surface area (Å²) >= 11 is 1.09. The van der Waals surface area contributed by atoms with Crippen molar-refractivity contribution in [1.82, 2.24) is 4.57 Å². The molecular weight excluding hydrogens is 439 g/mol. The number of nitrogens with zero attached hydrogens (tertiary/aromatic N) is 2. The van der Waals surface area contributed by atoms with E-state index in [0.29, 0.717) is 33.0 Å². The van der Waals surface area contributed by atoms with Crippen molar-refractivity contribution in [3.8, 4) is 17.2 Å². The minimum Gasteiger partial charge on any atom is -0.493 e. The number of aromatic nitrogens is 1. The Morgan fingerprint density at radius 2 is 1.75 bits per heavy atom. The van der Waals surface area contributed by atoms with Crippen molar-refractivity contribution in [2.45, 2.75) is 6.54 Å². The summed E-state index contributed by atoms with van der Waals surface area (Å²) in [4.78, 5) is 28.7. The monoisotopic (exact) mass is 460 g/mol. The molecule has 0 aliphatic rings. The van der Waals surface area contributed by atoms with Gasteiger partial charge >= 0.3 is 5.97 Å². The molecule has 1 aromatic heterocycles. The summed E-state index contributed by atoms with van der Waals surface area (Å²) in [5.41, 5.74) is 1.20. The van der Waals surface area contributed by atoms with Crippen LogP contribution in [0, 0.1) is 5.82 Å². The topological polar surface area (TPSA) is 88.4 Å². The average Bonchev–Trinajstić information content (AvgIpc) is 3.12. The van der Waals surface area contributed by atoms with Crippen LogP contribution in [0.15, 0.2) is 41.4 Å². The molecule has 3 aromatic rings. The number of halogens is 1. The molecule has 168 valence electrons. The Balaban J connectivity index is 1.99. The van der Waals surface area contributed by atoms with Crippen LogP contribution in [0.25, 0.3) is 16.3 Å². The highest BCUT2D eigenvalue weighted by Gasteiger charge is 2.13. The van der Waals surface area contributed by atoms with Crippen LogP contribution in [0.3, 0.4) is 0 Å². The maximum Gasteiger partial charge on any atom is 0.325 e. The van der Waals surface area contributed by atoms with Crippen molar-refractivity contribution in [1.29, 1.82) is 0 Å². The first-order valence-electron chi connectivity index (χ1n) is 9.32. The van der Waals surface area contributed by atoms with Gasteiger partial charge < -0.3 is 23.5 Å². The van der Waals surface area contributed by atoms with Crippen LogP contribution >= 0.6 is 11.3 Å². The van der Waals surface area contributed by atoms with Crippen LogP contribution in [0.5, 0.6) is 17.2 Å². The van der Waals surface area contributed by atoms with Crippen LogP contribution in [0.4, 0.5) is 4.39 Å². The van der Waals surface area contributed by atoms with Gasteiger partial charge in [-0.2, -0.15) is 4.99 Å². The lowest BCUT2D eigenvalue weighted by Gasteiger charge is -2.12. The zero-order valence-corrected chi connectivity index (χ0v) is 18.7. The smallest absolute Gasteiger partial charge is 0.325 e. The number of methoxy groups -OCH3 is 4. The molecule has 1 amide bonds. The molecule has 0 fully saturated rings. The van der Waals surface area contributed by atoms with E-state index >= 15 is 0 Å². The number of carbonyl (C=O) groups is 2. The molecule has 0 atom stereocenters. The Morgan fingerprint density at radius 1 is 1.06 bits per heavy atom. The summed E-state index contributed by atoms with van der Waals surface area (Å²) in [6, 6.07) is 7.50. The Kier molecular flexibility index (Phi) is 7.26. The lowest BCUT2D eigenvalue weighted by Crippen LogP contribution is -2.22. The van der Waals surface area contributed by atoms with E-state index in [2.05, 4.69) is 4.99 Å². The molecule has 1 heterocycles. The average molecular weight is 460 g/mol. The minimum absolute atomic E-state index is 0.162. The summed E-state index contributed by atoms with van der Waals surface area (Å²) < 4.78 is 36.3. The number of rotatable bonds is 7. The second-order valence-electron chi connectivity index (χ2n) is 6.40. The van der Waals surface area contributed by atoms with Crippen molar-refractivity contribution >= 4 is 39.5 Å². The van der Waals surface area contributed by atoms with E-state index in [-0.39, 0.29) is 11.3 Å². The van der Waals surface area contributed by atoms with Crippen molar-refractivity contribution in [2.75, 3.05) is 28.4 Å². The van der Waals surface area contributed by atoms with Gasteiger partial charge in [0, 0.05) is 6.08 Å². The largest absolute Gasteiger partial charge is 0.493 e. The third kappa shape index (κ3) is 4.97. The number of hydrogen-bond donors (Lipinski definition) is 0. The van der Waals surface area contributed by atoms with Gasteiger partial charge in [0.05, 0.1) is 38.7 Å². The maximum absolute atomic E-state index is 13.6. The van der Waals surface area contributed by atoms with E-state index in [1.165, 1.54) is 57.3 Å². The van der Waals surface area contributed by atoms with Crippen molar-refractivity contribution in [3.63, 3.8) is 0 Å². The molecular formula is C22H21FN2O6S. The predicted octanol–water partition coefficient (Wildman–Crippen LogP) is 3.18. The number of carbonyl (C=O) groups excluding carboxylic acids is 2. The number of hydrogen-bond acceptors (Lipinski definition) is 7. The maximum atomic E-state index is 13.6. The second-order valence-corrected chi connectivity index (χ2v) is 7.41. The Labute approximate surface area is 187 Å². The molecule has 0 N–H and O–H groups in total. The van der Waals surface area contributed by atoms with E-state index in [4.69, 9.17) is 18.9 Å². The van der Waals surface area contributed by atoms with E-state index in [1.54, 1.807) is 18.2 Å². The standard InChI is InChI=1S/C22H21FN2O6S/c1-28-16-9-13(10-17(29-2)21(16)31-4)5-8-19(26)24-22-25(12-20(27)30-3)15-7-6-14(23)11-18(15)32-22/h5-11H,12H2,1-4H3. The van der Waals surface area contributed by atoms with Gasteiger partial charge in [0.2, 0.25) is 5.75 Å². The van der Waals surface area contributed by atoms with Crippen LogP contribution in [-0.4, -0.2) is 44.9 Å². The highest BCUT2D eigenvalue weighted by Crippen LogP contribution is 2.38. The molecule has 32 heavy (non-hydrogen) atoms. The van der Waals surface area contributed by atoms with Gasteiger partial charge in [0.25, 0.3) is 5.91 Å². The third-order valence-electron chi connectivity index (χ3n) is 4.47. The predicted molar refractivity (Wildman–Crippen MR) is 117 cm³/mol. The van der Waals surface area contributed by atoms with Gasteiger partial charge in [0.1, 0.15) is 12.4 Å². The zero-order chi connectivity index (χ0) is 23.3. The molecule has 2 aromatic carbocycles. The van der Waals surface area contributed by atoms with Crippen molar-refractivity contribution in [3.05, 3.63) is 52.6 Å². The number of fused-ring (bicyclic) bond motifs is 1. The van der Waals surface area contributed by atoms with E-state index in [1.807, 2.05) is 0 Å². The quantitative estimate of drug-likeness (QED) is 0.398. The molecule has 3 rings (SSSR count). The summed E-state index contributed by atoms with van der Waals surface area (Å²) in [6.07, 6.45) is 2.82. The SMILES string of the molecule is COC(=O)Cn1c(=NC(=O)C=Cc2cc(OC)c(OC)c(OC)c2)sc2cc(F)ccc21. The Hall–Kier alpha value is -3.66. The highest BCUT2D eigenvalue weighted by molar-refractivity contribution is 7.16. The summed E-state index contributed by atoms with van der Waals surface area (Å²) in [5, 5.41) is 0. The molecule has 0 aliphatic heterocycles. The molecule has 0 aliphatic carbocycles. The Bertz CT molecular complexity index is 1240. The van der Waals surface area contributed by atoms with Gasteiger partial charge in [-0.25, -0.2) is 4.39 Å². The molecule has 0 radical (unpaired) electrons. The molecule has 0 saturated heterocycles. The van der Waals surface area contributed by atoms with E-state index in [9.17, 15) is 14.0 Å². The normalized spacial score (nSPS) is 11.7. The molecule has 0 spiro atoms. The molecule has 0 saturated carbocycles. The van der Waals surface area contributed by atoms with Crippen molar-refractivity contribution < 1.29 is 32.9 Å². The lowest BCUT2D eigenvalue weighted by molar-refractivity contribution is -0.141. The van der Waals surface area contributed by atoms with Crippen LogP contribution in [-0.2, 0) is 20.9 Å². The van der Waals surface area contributed by atoms with Gasteiger partial charge in [-0.1, -0.05) is 11.3 Å². The third-order valence-corrected chi connectivity index (χ3v) is 5.51. The van der Waals surface area contributed by atoms with Crippen LogP contribution in [0.2, 0.25) is 0 Å². The first kappa shape index (κ1) is 23.0. The van der Waals surface area contributed by atoms with Crippen LogP contribution < -0.4 is 19.0 Å².